The molecule has 0 amide bonds. The lowest BCUT2D eigenvalue weighted by Crippen LogP contribution is -2.40. The first-order chi connectivity index (χ1) is 8.46. The highest BCUT2D eigenvalue weighted by Crippen LogP contribution is 2.31. The molecule has 2 heterocycles. The third kappa shape index (κ3) is 3.31. The van der Waals surface area contributed by atoms with Crippen LogP contribution >= 0.6 is 23.7 Å². The zero-order valence-corrected chi connectivity index (χ0v) is 13.9. The maximum absolute atomic E-state index is 12.6. The molecule has 7 heteroatoms. The van der Waals surface area contributed by atoms with Crippen LogP contribution in [0.3, 0.4) is 0 Å². The minimum absolute atomic E-state index is 0. The molecule has 0 aliphatic carbocycles. The van der Waals surface area contributed by atoms with Crippen LogP contribution in [-0.4, -0.2) is 38.9 Å². The molecule has 0 saturated carbocycles. The molecule has 0 spiro atoms. The lowest BCUT2D eigenvalue weighted by atomic mass is 10.2. The molecule has 110 valence electrons. The summed E-state index contributed by atoms with van der Waals surface area (Å²) in [6.45, 7) is 5.29. The fourth-order valence-electron chi connectivity index (χ4n) is 2.35. The van der Waals surface area contributed by atoms with E-state index in [4.69, 9.17) is 0 Å². The Morgan fingerprint density at radius 3 is 2.68 bits per heavy atom. The average molecular weight is 325 g/mol. The molecule has 0 bridgehead atoms. The van der Waals surface area contributed by atoms with Gasteiger partial charge in [-0.15, -0.1) is 23.7 Å². The van der Waals surface area contributed by atoms with Gasteiger partial charge in [-0.1, -0.05) is 0 Å². The molecule has 1 unspecified atom stereocenters. The molecular formula is C12H21ClN2O2S2. The van der Waals surface area contributed by atoms with Crippen LogP contribution in [-0.2, 0) is 10.0 Å². The van der Waals surface area contributed by atoms with Crippen LogP contribution in [0.4, 0.5) is 0 Å². The van der Waals surface area contributed by atoms with E-state index in [9.17, 15) is 8.42 Å². The minimum Gasteiger partial charge on any atom is -0.318 e. The summed E-state index contributed by atoms with van der Waals surface area (Å²) < 4.78 is 27.3. The van der Waals surface area contributed by atoms with Crippen molar-refractivity contribution in [2.45, 2.75) is 36.9 Å². The van der Waals surface area contributed by atoms with Gasteiger partial charge in [0.05, 0.1) is 0 Å². The summed E-state index contributed by atoms with van der Waals surface area (Å²) in [6, 6.07) is 1.90. The van der Waals surface area contributed by atoms with E-state index in [1.165, 1.54) is 11.3 Å². The maximum Gasteiger partial charge on any atom is 0.252 e. The summed E-state index contributed by atoms with van der Waals surface area (Å²) in [5.74, 6) is 0. The van der Waals surface area contributed by atoms with E-state index < -0.39 is 10.0 Å². The Bertz CT molecular complexity index is 508. The summed E-state index contributed by atoms with van der Waals surface area (Å²) in [7, 11) is -1.44. The second-order valence-corrected chi connectivity index (χ2v) is 8.15. The van der Waals surface area contributed by atoms with Crippen molar-refractivity contribution in [1.82, 2.24) is 9.62 Å². The second kappa shape index (κ2) is 6.54. The van der Waals surface area contributed by atoms with E-state index in [1.54, 1.807) is 10.4 Å². The lowest BCUT2D eigenvalue weighted by Gasteiger charge is -2.23. The van der Waals surface area contributed by atoms with Gasteiger partial charge >= 0.3 is 0 Å². The van der Waals surface area contributed by atoms with Crippen LogP contribution in [0.2, 0.25) is 0 Å². The summed E-state index contributed by atoms with van der Waals surface area (Å²) in [4.78, 5) is 1.08. The summed E-state index contributed by atoms with van der Waals surface area (Å²) >= 11 is 1.38. The van der Waals surface area contributed by atoms with Crippen molar-refractivity contribution in [3.05, 3.63) is 16.5 Å². The molecule has 4 nitrogen and oxygen atoms in total. The third-order valence-corrected chi connectivity index (χ3v) is 7.02. The van der Waals surface area contributed by atoms with E-state index in [1.807, 2.05) is 20.9 Å². The molecular weight excluding hydrogens is 304 g/mol. The molecule has 2 rings (SSSR count). The van der Waals surface area contributed by atoms with E-state index in [0.29, 0.717) is 10.8 Å². The third-order valence-electron chi connectivity index (χ3n) is 3.47. The Kier molecular flexibility index (Phi) is 5.82. The van der Waals surface area contributed by atoms with Gasteiger partial charge in [0.2, 0.25) is 0 Å². The Morgan fingerprint density at radius 1 is 1.47 bits per heavy atom. The number of hydrogen-bond donors (Lipinski definition) is 1. The molecule has 1 aliphatic rings. The van der Waals surface area contributed by atoms with E-state index >= 15 is 0 Å². The van der Waals surface area contributed by atoms with E-state index in [0.717, 1.165) is 29.8 Å². The highest BCUT2D eigenvalue weighted by atomic mass is 35.5. The number of halogens is 1. The predicted molar refractivity (Wildman–Crippen MR) is 81.9 cm³/mol. The van der Waals surface area contributed by atoms with Crippen LogP contribution in [0.25, 0.3) is 0 Å². The number of likely N-dealkylation sites (N-methyl/N-ethyl adjacent to an activating group) is 1. The van der Waals surface area contributed by atoms with Crippen molar-refractivity contribution in [2.24, 2.45) is 0 Å². The largest absolute Gasteiger partial charge is 0.318 e. The molecule has 0 aromatic carbocycles. The molecule has 1 aliphatic heterocycles. The Morgan fingerprint density at radius 2 is 2.16 bits per heavy atom. The van der Waals surface area contributed by atoms with Gasteiger partial charge < -0.3 is 5.32 Å². The van der Waals surface area contributed by atoms with E-state index in [2.05, 4.69) is 5.32 Å². The molecule has 1 N–H and O–H groups in total. The standard InChI is InChI=1S/C12H20N2O2S2.ClH/c1-9-7-12(17-10(9)2)18(15,16)14-6-4-5-11(14)8-13-3;/h7,11,13H,4-6,8H2,1-3H3;1H. The molecule has 1 aromatic heterocycles. The zero-order valence-electron chi connectivity index (χ0n) is 11.5. The predicted octanol–water partition coefficient (Wildman–Crippen LogP) is 2.16. The number of nitrogens with zero attached hydrogens (tertiary/aromatic N) is 1. The maximum atomic E-state index is 12.6. The molecule has 19 heavy (non-hydrogen) atoms. The zero-order chi connectivity index (χ0) is 13.3. The number of sulfonamides is 1. The number of thiophene rings is 1. The quantitative estimate of drug-likeness (QED) is 0.923. The molecule has 1 fully saturated rings. The topological polar surface area (TPSA) is 49.4 Å². The fraction of sp³-hybridized carbons (Fsp3) is 0.667. The van der Waals surface area contributed by atoms with Gasteiger partial charge in [-0.25, -0.2) is 8.42 Å². The highest BCUT2D eigenvalue weighted by molar-refractivity contribution is 7.91. The molecule has 1 atom stereocenters. The first-order valence-corrected chi connectivity index (χ1v) is 8.46. The number of rotatable bonds is 4. The normalized spacial score (nSPS) is 20.5. The smallest absolute Gasteiger partial charge is 0.252 e. The van der Waals surface area contributed by atoms with E-state index in [-0.39, 0.29) is 18.4 Å². The number of hydrogen-bond acceptors (Lipinski definition) is 4. The van der Waals surface area contributed by atoms with Crippen LogP contribution in [0, 0.1) is 13.8 Å². The van der Waals surface area contributed by atoms with Gasteiger partial charge in [-0.2, -0.15) is 4.31 Å². The van der Waals surface area contributed by atoms with Crippen molar-refractivity contribution in [3.63, 3.8) is 0 Å². The second-order valence-electron chi connectivity index (χ2n) is 4.77. The van der Waals surface area contributed by atoms with Crippen molar-refractivity contribution in [1.29, 1.82) is 0 Å². The SMILES string of the molecule is CNCC1CCCN1S(=O)(=O)c1cc(C)c(C)s1.Cl. The molecule has 1 aromatic rings. The summed E-state index contributed by atoms with van der Waals surface area (Å²) in [6.07, 6.45) is 1.90. The van der Waals surface area contributed by atoms with Crippen molar-refractivity contribution in [2.75, 3.05) is 20.1 Å². The number of aryl methyl sites for hydroxylation is 2. The van der Waals surface area contributed by atoms with Gasteiger partial charge in [0.25, 0.3) is 10.0 Å². The molecule has 0 radical (unpaired) electrons. The Labute approximate surface area is 125 Å². The van der Waals surface area contributed by atoms with Crippen LogP contribution in [0.15, 0.2) is 10.3 Å². The summed E-state index contributed by atoms with van der Waals surface area (Å²) in [5, 5.41) is 3.08. The fourth-order valence-corrected chi connectivity index (χ4v) is 5.69. The van der Waals surface area contributed by atoms with Crippen LogP contribution in [0.5, 0.6) is 0 Å². The summed E-state index contributed by atoms with van der Waals surface area (Å²) in [5.41, 5.74) is 1.06. The van der Waals surface area contributed by atoms with Crippen molar-refractivity contribution < 1.29 is 8.42 Å². The average Bonchev–Trinajstić information content (AvgIpc) is 2.88. The highest BCUT2D eigenvalue weighted by Gasteiger charge is 2.35. The first kappa shape index (κ1) is 16.9. The van der Waals surface area contributed by atoms with Crippen molar-refractivity contribution in [3.8, 4) is 0 Å². The minimum atomic E-state index is -3.30. The van der Waals surface area contributed by atoms with Crippen LogP contribution < -0.4 is 5.32 Å². The molecule has 1 saturated heterocycles. The van der Waals surface area contributed by atoms with Gasteiger partial charge in [0.1, 0.15) is 4.21 Å². The lowest BCUT2D eigenvalue weighted by molar-refractivity contribution is 0.380. The van der Waals surface area contributed by atoms with Gasteiger partial charge in [-0.3, -0.25) is 0 Å². The van der Waals surface area contributed by atoms with Gasteiger partial charge in [0, 0.05) is 24.0 Å². The van der Waals surface area contributed by atoms with Crippen LogP contribution in [0.1, 0.15) is 23.3 Å². The number of nitrogens with one attached hydrogen (secondary N) is 1. The van der Waals surface area contributed by atoms with Crippen molar-refractivity contribution >= 4 is 33.8 Å². The Balaban J connectivity index is 0.00000180. The van der Waals surface area contributed by atoms with Gasteiger partial charge in [-0.05, 0) is 45.4 Å². The van der Waals surface area contributed by atoms with Gasteiger partial charge in [0.15, 0.2) is 0 Å². The Hall–Kier alpha value is -0.140. The monoisotopic (exact) mass is 324 g/mol. The first-order valence-electron chi connectivity index (χ1n) is 6.20.